The van der Waals surface area contributed by atoms with Crippen LogP contribution in [0.2, 0.25) is 0 Å². The lowest BCUT2D eigenvalue weighted by atomic mass is 10.2. The van der Waals surface area contributed by atoms with Crippen molar-refractivity contribution in [2.75, 3.05) is 0 Å². The average molecular weight is 253 g/mol. The van der Waals surface area contributed by atoms with E-state index in [0.717, 1.165) is 5.69 Å². The molecule has 1 aromatic carbocycles. The quantitative estimate of drug-likeness (QED) is 0.658. The SMILES string of the molecule is Cn1cc(C(=O)c2cnnn2-c2ccccc2)cn1. The first-order valence-corrected chi connectivity index (χ1v) is 5.75. The molecule has 6 heteroatoms. The predicted octanol–water partition coefficient (Wildman–Crippen LogP) is 1.23. The number of aromatic nitrogens is 5. The number of hydrogen-bond donors (Lipinski definition) is 0. The molecular formula is C13H11N5O. The van der Waals surface area contributed by atoms with Gasteiger partial charge in [-0.3, -0.25) is 9.48 Å². The molecule has 0 radical (unpaired) electrons. The van der Waals surface area contributed by atoms with Crippen molar-refractivity contribution in [1.29, 1.82) is 0 Å². The Kier molecular flexibility index (Phi) is 2.68. The molecule has 6 nitrogen and oxygen atoms in total. The number of carbonyl (C=O) groups is 1. The maximum atomic E-state index is 12.4. The van der Waals surface area contributed by atoms with Gasteiger partial charge in [0.1, 0.15) is 5.69 Å². The molecule has 0 aliphatic heterocycles. The van der Waals surface area contributed by atoms with Crippen LogP contribution in [0.25, 0.3) is 5.69 Å². The van der Waals surface area contributed by atoms with Gasteiger partial charge in [-0.25, -0.2) is 4.68 Å². The molecule has 0 atom stereocenters. The number of hydrogen-bond acceptors (Lipinski definition) is 4. The number of para-hydroxylation sites is 1. The molecule has 0 spiro atoms. The van der Waals surface area contributed by atoms with E-state index in [0.29, 0.717) is 11.3 Å². The van der Waals surface area contributed by atoms with Gasteiger partial charge in [-0.15, -0.1) is 5.10 Å². The number of nitrogens with zero attached hydrogens (tertiary/aromatic N) is 5. The molecule has 94 valence electrons. The van der Waals surface area contributed by atoms with Crippen molar-refractivity contribution in [3.8, 4) is 5.69 Å². The standard InChI is InChI=1S/C13H11N5O/c1-17-9-10(7-15-17)13(19)12-8-14-16-18(12)11-5-3-2-4-6-11/h2-9H,1H3. The van der Waals surface area contributed by atoms with Gasteiger partial charge in [-0.05, 0) is 12.1 Å². The van der Waals surface area contributed by atoms with E-state index in [1.807, 2.05) is 30.3 Å². The largest absolute Gasteiger partial charge is 0.287 e. The highest BCUT2D eigenvalue weighted by molar-refractivity contribution is 6.07. The molecule has 0 unspecified atom stereocenters. The van der Waals surface area contributed by atoms with E-state index >= 15 is 0 Å². The highest BCUT2D eigenvalue weighted by Gasteiger charge is 2.17. The van der Waals surface area contributed by atoms with Gasteiger partial charge in [-0.2, -0.15) is 5.10 Å². The number of aryl methyl sites for hydroxylation is 1. The zero-order valence-electron chi connectivity index (χ0n) is 10.3. The third kappa shape index (κ3) is 2.03. The van der Waals surface area contributed by atoms with E-state index in [1.54, 1.807) is 17.9 Å². The van der Waals surface area contributed by atoms with E-state index < -0.39 is 0 Å². The van der Waals surface area contributed by atoms with Gasteiger partial charge in [0, 0.05) is 13.2 Å². The van der Waals surface area contributed by atoms with Gasteiger partial charge in [0.15, 0.2) is 0 Å². The molecule has 0 N–H and O–H groups in total. The highest BCUT2D eigenvalue weighted by Crippen LogP contribution is 2.12. The molecule has 3 aromatic rings. The van der Waals surface area contributed by atoms with Crippen LogP contribution in [0.4, 0.5) is 0 Å². The fourth-order valence-electron chi connectivity index (χ4n) is 1.84. The van der Waals surface area contributed by atoms with Crippen molar-refractivity contribution in [2.24, 2.45) is 7.05 Å². The summed E-state index contributed by atoms with van der Waals surface area (Å²) in [5.74, 6) is -0.151. The zero-order chi connectivity index (χ0) is 13.2. The smallest absolute Gasteiger partial charge is 0.216 e. The van der Waals surface area contributed by atoms with Crippen LogP contribution in [0.1, 0.15) is 16.1 Å². The van der Waals surface area contributed by atoms with Crippen LogP contribution in [-0.4, -0.2) is 30.6 Å². The van der Waals surface area contributed by atoms with E-state index in [-0.39, 0.29) is 5.78 Å². The minimum absolute atomic E-state index is 0.151. The first-order valence-electron chi connectivity index (χ1n) is 5.75. The normalized spacial score (nSPS) is 10.6. The van der Waals surface area contributed by atoms with Gasteiger partial charge >= 0.3 is 0 Å². The average Bonchev–Trinajstić information content (AvgIpc) is 3.07. The Labute approximate surface area is 109 Å². The Morgan fingerprint density at radius 1 is 1.16 bits per heavy atom. The fourth-order valence-corrected chi connectivity index (χ4v) is 1.84. The van der Waals surface area contributed by atoms with E-state index in [1.165, 1.54) is 17.1 Å². The molecule has 0 aliphatic rings. The summed E-state index contributed by atoms with van der Waals surface area (Å²) < 4.78 is 3.11. The van der Waals surface area contributed by atoms with Crippen LogP contribution in [-0.2, 0) is 7.05 Å². The van der Waals surface area contributed by atoms with Gasteiger partial charge < -0.3 is 0 Å². The lowest BCUT2D eigenvalue weighted by Gasteiger charge is -2.03. The Morgan fingerprint density at radius 2 is 1.95 bits per heavy atom. The first kappa shape index (κ1) is 11.3. The lowest BCUT2D eigenvalue weighted by molar-refractivity contribution is 0.103. The Hall–Kier alpha value is -2.76. The predicted molar refractivity (Wildman–Crippen MR) is 68.0 cm³/mol. The van der Waals surface area contributed by atoms with Crippen LogP contribution in [0.15, 0.2) is 48.9 Å². The summed E-state index contributed by atoms with van der Waals surface area (Å²) in [7, 11) is 1.77. The first-order chi connectivity index (χ1) is 9.25. The summed E-state index contributed by atoms with van der Waals surface area (Å²) >= 11 is 0. The monoisotopic (exact) mass is 253 g/mol. The molecule has 0 aliphatic carbocycles. The summed E-state index contributed by atoms with van der Waals surface area (Å²) in [6.45, 7) is 0. The lowest BCUT2D eigenvalue weighted by Crippen LogP contribution is -2.09. The summed E-state index contributed by atoms with van der Waals surface area (Å²) in [6, 6.07) is 9.41. The van der Waals surface area contributed by atoms with Crippen molar-refractivity contribution in [2.45, 2.75) is 0 Å². The van der Waals surface area contributed by atoms with Gasteiger partial charge in [0.2, 0.25) is 5.78 Å². The van der Waals surface area contributed by atoms with E-state index in [9.17, 15) is 4.79 Å². The van der Waals surface area contributed by atoms with Crippen LogP contribution >= 0.6 is 0 Å². The van der Waals surface area contributed by atoms with E-state index in [4.69, 9.17) is 0 Å². The molecule has 19 heavy (non-hydrogen) atoms. The van der Waals surface area contributed by atoms with Gasteiger partial charge in [0.05, 0.1) is 23.6 Å². The van der Waals surface area contributed by atoms with Crippen molar-refractivity contribution in [3.05, 3.63) is 60.2 Å². The molecule has 0 bridgehead atoms. The maximum Gasteiger partial charge on any atom is 0.216 e. The molecule has 0 saturated heterocycles. The third-order valence-corrected chi connectivity index (χ3v) is 2.75. The molecule has 0 saturated carbocycles. The molecule has 2 heterocycles. The van der Waals surface area contributed by atoms with Gasteiger partial charge in [-0.1, -0.05) is 23.4 Å². The van der Waals surface area contributed by atoms with Crippen molar-refractivity contribution < 1.29 is 4.79 Å². The summed E-state index contributed by atoms with van der Waals surface area (Å²) in [5.41, 5.74) is 1.73. The van der Waals surface area contributed by atoms with E-state index in [2.05, 4.69) is 15.4 Å². The van der Waals surface area contributed by atoms with Crippen LogP contribution in [0.5, 0.6) is 0 Å². The van der Waals surface area contributed by atoms with Crippen molar-refractivity contribution >= 4 is 5.78 Å². The minimum Gasteiger partial charge on any atom is -0.287 e. The number of rotatable bonds is 3. The van der Waals surface area contributed by atoms with Crippen LogP contribution in [0.3, 0.4) is 0 Å². The zero-order valence-corrected chi connectivity index (χ0v) is 10.3. The molecule has 0 fully saturated rings. The summed E-state index contributed by atoms with van der Waals surface area (Å²) in [5, 5.41) is 11.8. The van der Waals surface area contributed by atoms with Gasteiger partial charge in [0.25, 0.3) is 0 Å². The fraction of sp³-hybridized carbons (Fsp3) is 0.0769. The molecule has 3 rings (SSSR count). The number of ketones is 1. The minimum atomic E-state index is -0.151. The summed E-state index contributed by atoms with van der Waals surface area (Å²) in [4.78, 5) is 12.4. The number of benzene rings is 1. The van der Waals surface area contributed by atoms with Crippen molar-refractivity contribution in [3.63, 3.8) is 0 Å². The second-order valence-corrected chi connectivity index (χ2v) is 4.10. The Balaban J connectivity index is 2.03. The number of carbonyl (C=O) groups excluding carboxylic acids is 1. The molecule has 0 amide bonds. The highest BCUT2D eigenvalue weighted by atomic mass is 16.1. The molecular weight excluding hydrogens is 242 g/mol. The Bertz CT molecular complexity index is 713. The second kappa shape index (κ2) is 4.49. The van der Waals surface area contributed by atoms with Crippen LogP contribution in [0, 0.1) is 0 Å². The third-order valence-electron chi connectivity index (χ3n) is 2.75. The van der Waals surface area contributed by atoms with Crippen LogP contribution < -0.4 is 0 Å². The Morgan fingerprint density at radius 3 is 2.63 bits per heavy atom. The second-order valence-electron chi connectivity index (χ2n) is 4.10. The topological polar surface area (TPSA) is 65.6 Å². The summed E-state index contributed by atoms with van der Waals surface area (Å²) in [6.07, 6.45) is 4.66. The molecule has 2 aromatic heterocycles. The van der Waals surface area contributed by atoms with Crippen molar-refractivity contribution in [1.82, 2.24) is 24.8 Å². The maximum absolute atomic E-state index is 12.4.